The predicted molar refractivity (Wildman–Crippen MR) is 111 cm³/mol. The summed E-state index contributed by atoms with van der Waals surface area (Å²) in [7, 11) is 5.75. The van der Waals surface area contributed by atoms with Gasteiger partial charge in [-0.2, -0.15) is 5.10 Å². The molecule has 1 saturated heterocycles. The van der Waals surface area contributed by atoms with Crippen molar-refractivity contribution >= 4 is 5.97 Å². The second-order valence-corrected chi connectivity index (χ2v) is 7.86. The number of aromatic nitrogens is 2. The molecule has 0 saturated carbocycles. The number of carbonyl (C=O) groups is 1. The van der Waals surface area contributed by atoms with E-state index in [1.807, 2.05) is 32.1 Å². The highest BCUT2D eigenvalue weighted by Crippen LogP contribution is 2.29. The van der Waals surface area contributed by atoms with Gasteiger partial charge in [-0.05, 0) is 37.9 Å². The topological polar surface area (TPSA) is 147 Å². The van der Waals surface area contributed by atoms with Crippen molar-refractivity contribution in [3.05, 3.63) is 47.8 Å². The molecule has 2 heterocycles. The van der Waals surface area contributed by atoms with Crippen LogP contribution in [0.4, 0.5) is 0 Å². The van der Waals surface area contributed by atoms with Crippen LogP contribution in [-0.4, -0.2) is 99.0 Å². The highest BCUT2D eigenvalue weighted by atomic mass is 16.7. The van der Waals surface area contributed by atoms with Gasteiger partial charge in [0.2, 0.25) is 6.29 Å². The van der Waals surface area contributed by atoms with E-state index in [4.69, 9.17) is 19.3 Å². The molecule has 176 valence electrons. The van der Waals surface area contributed by atoms with E-state index in [0.29, 0.717) is 6.61 Å². The van der Waals surface area contributed by atoms with Gasteiger partial charge < -0.3 is 39.5 Å². The van der Waals surface area contributed by atoms with Crippen LogP contribution in [0.15, 0.2) is 36.5 Å². The third-order valence-corrected chi connectivity index (χ3v) is 5.20. The van der Waals surface area contributed by atoms with E-state index in [-0.39, 0.29) is 11.9 Å². The second kappa shape index (κ2) is 10.4. The number of nitrogens with zero attached hydrogens (tertiary/aromatic N) is 3. The van der Waals surface area contributed by atoms with Crippen LogP contribution in [0.1, 0.15) is 17.4 Å². The molecule has 1 fully saturated rings. The number of aryl methyl sites for hydroxylation is 1. The number of likely N-dealkylation sites (N-methyl/N-ethyl adjacent to an activating group) is 1. The summed E-state index contributed by atoms with van der Waals surface area (Å²) in [6, 6.07) is 8.67. The Labute approximate surface area is 185 Å². The van der Waals surface area contributed by atoms with Crippen molar-refractivity contribution in [2.75, 3.05) is 27.2 Å². The predicted octanol–water partition coefficient (Wildman–Crippen LogP) is -0.641. The fourth-order valence-corrected chi connectivity index (χ4v) is 3.35. The normalized spacial score (nSPS) is 26.8. The quantitative estimate of drug-likeness (QED) is 0.388. The number of benzene rings is 1. The first-order valence-electron chi connectivity index (χ1n) is 10.1. The molecule has 0 aliphatic carbocycles. The van der Waals surface area contributed by atoms with Crippen molar-refractivity contribution in [3.8, 4) is 5.75 Å². The zero-order valence-electron chi connectivity index (χ0n) is 18.1. The Morgan fingerprint density at radius 1 is 1.16 bits per heavy atom. The molecule has 3 rings (SSSR count). The van der Waals surface area contributed by atoms with E-state index < -0.39 is 36.7 Å². The van der Waals surface area contributed by atoms with Crippen LogP contribution in [-0.2, 0) is 21.3 Å². The van der Waals surface area contributed by atoms with Crippen molar-refractivity contribution < 1.29 is 39.4 Å². The SMILES string of the molecule is CN(C)CCOC(c1ccc(OC2OC(C(=O)O)C(O)C(O)C2O)cc1)c1ccnn1C. The van der Waals surface area contributed by atoms with Crippen LogP contribution in [0.25, 0.3) is 0 Å². The van der Waals surface area contributed by atoms with Gasteiger partial charge in [-0.1, -0.05) is 12.1 Å². The number of rotatable bonds is 9. The Morgan fingerprint density at radius 3 is 2.41 bits per heavy atom. The maximum atomic E-state index is 11.2. The number of carboxylic acid groups (broad SMARTS) is 1. The summed E-state index contributed by atoms with van der Waals surface area (Å²) < 4.78 is 18.5. The minimum absolute atomic E-state index is 0.280. The maximum absolute atomic E-state index is 11.2. The number of aliphatic hydroxyl groups excluding tert-OH is 3. The van der Waals surface area contributed by atoms with Crippen LogP contribution in [0.2, 0.25) is 0 Å². The summed E-state index contributed by atoms with van der Waals surface area (Å²) in [5.41, 5.74) is 1.70. The summed E-state index contributed by atoms with van der Waals surface area (Å²) in [6.07, 6.45) is -7.01. The van der Waals surface area contributed by atoms with Crippen molar-refractivity contribution in [3.63, 3.8) is 0 Å². The van der Waals surface area contributed by atoms with Crippen LogP contribution < -0.4 is 4.74 Å². The van der Waals surface area contributed by atoms with Crippen molar-refractivity contribution in [2.45, 2.75) is 36.8 Å². The molecule has 4 N–H and O–H groups in total. The Hall–Kier alpha value is -2.54. The molecule has 32 heavy (non-hydrogen) atoms. The zero-order chi connectivity index (χ0) is 23.4. The number of aliphatic hydroxyl groups is 3. The van der Waals surface area contributed by atoms with E-state index in [2.05, 4.69) is 5.10 Å². The Kier molecular flexibility index (Phi) is 7.82. The summed E-state index contributed by atoms with van der Waals surface area (Å²) >= 11 is 0. The van der Waals surface area contributed by atoms with Gasteiger partial charge in [-0.3, -0.25) is 4.68 Å². The van der Waals surface area contributed by atoms with Gasteiger partial charge in [-0.15, -0.1) is 0 Å². The fraction of sp³-hybridized carbons (Fsp3) is 0.524. The smallest absolute Gasteiger partial charge is 0.335 e. The first-order valence-corrected chi connectivity index (χ1v) is 10.1. The first-order chi connectivity index (χ1) is 15.2. The molecular formula is C21H29N3O8. The average molecular weight is 451 g/mol. The Balaban J connectivity index is 1.74. The molecule has 11 nitrogen and oxygen atoms in total. The van der Waals surface area contributed by atoms with Gasteiger partial charge in [0.1, 0.15) is 30.2 Å². The summed E-state index contributed by atoms with van der Waals surface area (Å²) in [5.74, 6) is -1.19. The van der Waals surface area contributed by atoms with Crippen LogP contribution >= 0.6 is 0 Å². The largest absolute Gasteiger partial charge is 0.479 e. The molecule has 1 aromatic heterocycles. The average Bonchev–Trinajstić information content (AvgIpc) is 3.17. The highest BCUT2D eigenvalue weighted by molar-refractivity contribution is 5.73. The second-order valence-electron chi connectivity index (χ2n) is 7.86. The van der Waals surface area contributed by atoms with Gasteiger partial charge in [0, 0.05) is 19.8 Å². The lowest BCUT2D eigenvalue weighted by atomic mass is 9.99. The van der Waals surface area contributed by atoms with E-state index in [0.717, 1.165) is 17.8 Å². The van der Waals surface area contributed by atoms with Crippen molar-refractivity contribution in [2.24, 2.45) is 7.05 Å². The third kappa shape index (κ3) is 5.44. The lowest BCUT2D eigenvalue weighted by Gasteiger charge is -2.38. The highest BCUT2D eigenvalue weighted by Gasteiger charge is 2.48. The molecular weight excluding hydrogens is 422 g/mol. The van der Waals surface area contributed by atoms with Crippen LogP contribution in [0, 0.1) is 0 Å². The van der Waals surface area contributed by atoms with Crippen LogP contribution in [0.5, 0.6) is 5.75 Å². The molecule has 6 unspecified atom stereocenters. The van der Waals surface area contributed by atoms with Gasteiger partial charge in [0.15, 0.2) is 6.10 Å². The van der Waals surface area contributed by atoms with Crippen molar-refractivity contribution in [1.82, 2.24) is 14.7 Å². The lowest BCUT2D eigenvalue weighted by molar-refractivity contribution is -0.271. The van der Waals surface area contributed by atoms with E-state index in [1.165, 1.54) is 0 Å². The number of carboxylic acids is 1. The maximum Gasteiger partial charge on any atom is 0.335 e. The summed E-state index contributed by atoms with van der Waals surface area (Å²) in [5, 5.41) is 43.2. The number of hydrogen-bond donors (Lipinski definition) is 4. The molecule has 0 amide bonds. The summed E-state index contributed by atoms with van der Waals surface area (Å²) in [4.78, 5) is 13.3. The number of aliphatic carboxylic acids is 1. The molecule has 1 aliphatic rings. The molecule has 2 aromatic rings. The van der Waals surface area contributed by atoms with E-state index >= 15 is 0 Å². The molecule has 0 radical (unpaired) electrons. The number of ether oxygens (including phenoxy) is 3. The van der Waals surface area contributed by atoms with Crippen molar-refractivity contribution in [1.29, 1.82) is 0 Å². The third-order valence-electron chi connectivity index (χ3n) is 5.20. The van der Waals surface area contributed by atoms with Gasteiger partial charge in [0.05, 0.1) is 12.3 Å². The van der Waals surface area contributed by atoms with E-state index in [1.54, 1.807) is 35.1 Å². The molecule has 0 spiro atoms. The molecule has 1 aromatic carbocycles. The zero-order valence-corrected chi connectivity index (χ0v) is 18.1. The standard InChI is InChI=1S/C21H29N3O8/c1-23(2)10-11-30-18(14-8-9-22-24(14)3)12-4-6-13(7-5-12)31-21-17(27)15(25)16(26)19(32-21)20(28)29/h4-9,15-19,21,25-27H,10-11H2,1-3H3,(H,28,29). The molecule has 1 aliphatic heterocycles. The lowest BCUT2D eigenvalue weighted by Crippen LogP contribution is -2.61. The Morgan fingerprint density at radius 2 is 1.84 bits per heavy atom. The minimum atomic E-state index is -1.77. The molecule has 0 bridgehead atoms. The van der Waals surface area contributed by atoms with Gasteiger partial charge >= 0.3 is 5.97 Å². The summed E-state index contributed by atoms with van der Waals surface area (Å²) in [6.45, 7) is 1.24. The molecule has 11 heteroatoms. The van der Waals surface area contributed by atoms with Crippen LogP contribution in [0.3, 0.4) is 0 Å². The Bertz CT molecular complexity index is 887. The van der Waals surface area contributed by atoms with Gasteiger partial charge in [0.25, 0.3) is 0 Å². The molecule has 6 atom stereocenters. The fourth-order valence-electron chi connectivity index (χ4n) is 3.35. The first kappa shape index (κ1) is 24.1. The number of hydrogen-bond acceptors (Lipinski definition) is 9. The minimum Gasteiger partial charge on any atom is -0.479 e. The monoisotopic (exact) mass is 451 g/mol. The van der Waals surface area contributed by atoms with Gasteiger partial charge in [-0.25, -0.2) is 4.79 Å². The van der Waals surface area contributed by atoms with E-state index in [9.17, 15) is 20.1 Å².